The minimum Gasteiger partial charge on any atom is -0.508 e. The Hall–Kier alpha value is -7.73. The lowest BCUT2D eigenvalue weighted by atomic mass is 9.99. The first-order valence-corrected chi connectivity index (χ1v) is 19.7. The van der Waals surface area contributed by atoms with E-state index in [1.807, 2.05) is 85.0 Å². The van der Waals surface area contributed by atoms with Crippen molar-refractivity contribution in [3.8, 4) is 22.8 Å². The number of phenols is 2. The molecular formula is C48H43N7O5. The molecule has 12 nitrogen and oxygen atoms in total. The van der Waals surface area contributed by atoms with Crippen LogP contribution in [0, 0.1) is 0 Å². The molecule has 3 aliphatic rings. The summed E-state index contributed by atoms with van der Waals surface area (Å²) in [5.41, 5.74) is 5.63. The largest absolute Gasteiger partial charge is 0.508 e. The maximum absolute atomic E-state index is 13.3. The van der Waals surface area contributed by atoms with Crippen LogP contribution in [0.2, 0.25) is 0 Å². The Labute approximate surface area is 346 Å². The molecule has 2 aliphatic heterocycles. The maximum atomic E-state index is 13.3. The highest BCUT2D eigenvalue weighted by Crippen LogP contribution is 2.35. The quantitative estimate of drug-likeness (QED) is 0.0621. The molecule has 1 aliphatic carbocycles. The minimum absolute atomic E-state index is 0.0237. The normalized spacial score (nSPS) is 12.4. The summed E-state index contributed by atoms with van der Waals surface area (Å²) in [6, 6.07) is 30.6. The Morgan fingerprint density at radius 2 is 1.52 bits per heavy atom. The smallest absolute Gasteiger partial charge is 0.244 e. The molecule has 60 heavy (non-hydrogen) atoms. The van der Waals surface area contributed by atoms with Gasteiger partial charge in [0.05, 0.1) is 24.5 Å². The fourth-order valence-electron chi connectivity index (χ4n) is 7.27. The molecule has 0 saturated carbocycles. The molecule has 0 saturated heterocycles. The second-order valence-corrected chi connectivity index (χ2v) is 14.4. The van der Waals surface area contributed by atoms with Gasteiger partial charge in [-0.25, -0.2) is 4.98 Å². The van der Waals surface area contributed by atoms with Crippen LogP contribution in [-0.4, -0.2) is 49.1 Å². The SMILES string of the molecule is O=C(/C=C/c1c2ccc(=O)cc-2oc2cc(O)ccc12)NCCc1cc(CN(Cc2ccccn2)C2=CC=CCN2)c(O)c(CN(Cc2ccccn2)c2ccccn2)c1. The number of benzene rings is 3. The van der Waals surface area contributed by atoms with Crippen LogP contribution in [0.3, 0.4) is 0 Å². The monoisotopic (exact) mass is 797 g/mol. The van der Waals surface area contributed by atoms with Gasteiger partial charge in [0, 0.05) is 85.1 Å². The summed E-state index contributed by atoms with van der Waals surface area (Å²) in [6.45, 7) is 2.70. The number of hydrogen-bond acceptors (Lipinski definition) is 11. The van der Waals surface area contributed by atoms with Crippen molar-refractivity contribution in [1.82, 2.24) is 30.5 Å². The predicted molar refractivity (Wildman–Crippen MR) is 232 cm³/mol. The van der Waals surface area contributed by atoms with Crippen LogP contribution in [0.5, 0.6) is 11.5 Å². The van der Waals surface area contributed by atoms with Gasteiger partial charge >= 0.3 is 0 Å². The molecular weight excluding hydrogens is 755 g/mol. The van der Waals surface area contributed by atoms with E-state index < -0.39 is 0 Å². The molecule has 4 N–H and O–H groups in total. The highest BCUT2D eigenvalue weighted by Gasteiger charge is 2.21. The lowest BCUT2D eigenvalue weighted by molar-refractivity contribution is -0.116. The molecule has 300 valence electrons. The number of phenolic OH excluding ortho intramolecular Hbond substituents is 2. The van der Waals surface area contributed by atoms with Crippen molar-refractivity contribution in [1.29, 1.82) is 0 Å². The van der Waals surface area contributed by atoms with Crippen molar-refractivity contribution >= 4 is 28.8 Å². The number of nitrogens with one attached hydrogen (secondary N) is 2. The van der Waals surface area contributed by atoms with Gasteiger partial charge in [0.15, 0.2) is 5.43 Å². The summed E-state index contributed by atoms with van der Waals surface area (Å²) < 4.78 is 5.93. The highest BCUT2D eigenvalue weighted by atomic mass is 16.3. The summed E-state index contributed by atoms with van der Waals surface area (Å²) in [6.07, 6.45) is 15.0. The van der Waals surface area contributed by atoms with Gasteiger partial charge in [-0.05, 0) is 90.4 Å². The molecule has 0 fully saturated rings. The summed E-state index contributed by atoms with van der Waals surface area (Å²) in [4.78, 5) is 43.5. The Kier molecular flexibility index (Phi) is 11.9. The molecule has 1 amide bonds. The first kappa shape index (κ1) is 39.1. The molecule has 0 unspecified atom stereocenters. The average molecular weight is 798 g/mol. The molecule has 5 aromatic rings. The third-order valence-electron chi connectivity index (χ3n) is 10.1. The standard InChI is InChI=1S/C48H43N7O5/c56-38-13-15-41-40(42-16-14-39(57)28-44(42)60-43(41)27-38)17-18-47(58)53-24-19-33-25-34(29-54(45-11-3-7-22-51-45)31-36-9-1-5-20-49-36)48(59)35(26-33)30-55(46-12-4-8-23-52-46)32-37-10-2-6-21-50-37/h1-18,20-22,25-28,52,56,59H,19,23-24,29-32H2,(H,53,58)/b18-17+. The van der Waals surface area contributed by atoms with Crippen LogP contribution in [0.25, 0.3) is 28.4 Å². The Morgan fingerprint density at radius 1 is 0.800 bits per heavy atom. The van der Waals surface area contributed by atoms with Crippen molar-refractivity contribution in [2.45, 2.75) is 32.6 Å². The Bertz CT molecular complexity index is 2720. The lowest BCUT2D eigenvalue weighted by Gasteiger charge is -2.30. The van der Waals surface area contributed by atoms with Crippen molar-refractivity contribution in [3.63, 3.8) is 0 Å². The summed E-state index contributed by atoms with van der Waals surface area (Å²) in [5.74, 6) is 1.90. The van der Waals surface area contributed by atoms with E-state index in [1.165, 1.54) is 24.3 Å². The van der Waals surface area contributed by atoms with E-state index in [0.717, 1.165) is 34.2 Å². The maximum Gasteiger partial charge on any atom is 0.244 e. The van der Waals surface area contributed by atoms with Gasteiger partial charge in [-0.3, -0.25) is 19.6 Å². The van der Waals surface area contributed by atoms with Crippen LogP contribution < -0.4 is 21.0 Å². The average Bonchev–Trinajstić information content (AvgIpc) is 3.27. The zero-order valence-corrected chi connectivity index (χ0v) is 32.7. The molecule has 0 bridgehead atoms. The van der Waals surface area contributed by atoms with Crippen LogP contribution in [0.4, 0.5) is 5.82 Å². The highest BCUT2D eigenvalue weighted by molar-refractivity contribution is 5.99. The number of hydrogen-bond donors (Lipinski definition) is 4. The third kappa shape index (κ3) is 9.51. The molecule has 3 aromatic heterocycles. The number of amides is 1. The minimum atomic E-state index is -0.308. The fourth-order valence-corrected chi connectivity index (χ4v) is 7.27. The van der Waals surface area contributed by atoms with E-state index >= 15 is 0 Å². The number of aromatic nitrogens is 3. The van der Waals surface area contributed by atoms with Crippen LogP contribution in [-0.2, 0) is 37.4 Å². The second-order valence-electron chi connectivity index (χ2n) is 14.4. The number of pyridine rings is 3. The summed E-state index contributed by atoms with van der Waals surface area (Å²) >= 11 is 0. The van der Waals surface area contributed by atoms with Gasteiger partial charge in [0.25, 0.3) is 0 Å². The third-order valence-corrected chi connectivity index (χ3v) is 10.1. The van der Waals surface area contributed by atoms with Gasteiger partial charge in [-0.2, -0.15) is 0 Å². The van der Waals surface area contributed by atoms with E-state index in [1.54, 1.807) is 42.9 Å². The molecule has 8 rings (SSSR count). The Morgan fingerprint density at radius 3 is 2.20 bits per heavy atom. The van der Waals surface area contributed by atoms with E-state index in [9.17, 15) is 19.8 Å². The van der Waals surface area contributed by atoms with Crippen molar-refractivity contribution in [2.24, 2.45) is 0 Å². The molecule has 0 atom stereocenters. The zero-order valence-electron chi connectivity index (χ0n) is 32.7. The van der Waals surface area contributed by atoms with Crippen LogP contribution >= 0.6 is 0 Å². The van der Waals surface area contributed by atoms with Gasteiger partial charge < -0.3 is 35.1 Å². The second kappa shape index (κ2) is 18.2. The van der Waals surface area contributed by atoms with E-state index in [4.69, 9.17) is 4.42 Å². The molecule has 12 heteroatoms. The predicted octanol–water partition coefficient (Wildman–Crippen LogP) is 7.08. The topological polar surface area (TPSA) is 157 Å². The van der Waals surface area contributed by atoms with Crippen molar-refractivity contribution in [3.05, 3.63) is 196 Å². The molecule has 0 spiro atoms. The van der Waals surface area contributed by atoms with Gasteiger partial charge in [0.2, 0.25) is 5.91 Å². The number of allylic oxidation sites excluding steroid dienone is 2. The van der Waals surface area contributed by atoms with E-state index in [0.29, 0.717) is 79.1 Å². The molecule has 0 radical (unpaired) electrons. The van der Waals surface area contributed by atoms with Crippen LogP contribution in [0.1, 0.15) is 33.6 Å². The summed E-state index contributed by atoms with van der Waals surface area (Å²) in [7, 11) is 0. The van der Waals surface area contributed by atoms with Crippen LogP contribution in [0.15, 0.2) is 161 Å². The number of aromatic hydroxyl groups is 2. The molecule has 2 aromatic carbocycles. The van der Waals surface area contributed by atoms with E-state index in [-0.39, 0.29) is 22.8 Å². The first-order chi connectivity index (χ1) is 29.4. The number of carbonyl (C=O) groups excluding carboxylic acids is 1. The van der Waals surface area contributed by atoms with Gasteiger partial charge in [0.1, 0.15) is 34.5 Å². The number of carbonyl (C=O) groups is 1. The number of nitrogens with zero attached hydrogens (tertiary/aromatic N) is 5. The zero-order chi connectivity index (χ0) is 41.3. The number of fused-ring (bicyclic) bond motifs is 2. The van der Waals surface area contributed by atoms with E-state index in [2.05, 4.69) is 35.4 Å². The van der Waals surface area contributed by atoms with Crippen molar-refractivity contribution in [2.75, 3.05) is 18.0 Å². The van der Waals surface area contributed by atoms with Gasteiger partial charge in [-0.15, -0.1) is 0 Å². The number of rotatable bonds is 15. The lowest BCUT2D eigenvalue weighted by Crippen LogP contribution is -2.33. The number of anilines is 1. The summed E-state index contributed by atoms with van der Waals surface area (Å²) in [5, 5.41) is 29.3. The Balaban J connectivity index is 1.08. The first-order valence-electron chi connectivity index (χ1n) is 19.7. The molecule has 5 heterocycles. The fraction of sp³-hybridized carbons (Fsp3) is 0.146. The van der Waals surface area contributed by atoms with Gasteiger partial charge in [-0.1, -0.05) is 42.5 Å². The van der Waals surface area contributed by atoms with Crippen molar-refractivity contribution < 1.29 is 19.4 Å². The number of dihydropyridines is 1.